The quantitative estimate of drug-likeness (QED) is 0.916. The van der Waals surface area contributed by atoms with Crippen molar-refractivity contribution >= 4 is 16.8 Å². The van der Waals surface area contributed by atoms with E-state index in [4.69, 9.17) is 4.98 Å². The van der Waals surface area contributed by atoms with Crippen molar-refractivity contribution in [3.05, 3.63) is 41.1 Å². The van der Waals surface area contributed by atoms with Crippen LogP contribution < -0.4 is 10.6 Å². The third-order valence-corrected chi connectivity index (χ3v) is 4.86. The van der Waals surface area contributed by atoms with Crippen molar-refractivity contribution in [1.29, 1.82) is 0 Å². The van der Waals surface area contributed by atoms with E-state index in [1.54, 1.807) is 0 Å². The summed E-state index contributed by atoms with van der Waals surface area (Å²) in [6.07, 6.45) is 4.56. The fourth-order valence-electron chi connectivity index (χ4n) is 3.37. The average molecular weight is 309 g/mol. The van der Waals surface area contributed by atoms with Gasteiger partial charge in [-0.2, -0.15) is 0 Å². The van der Waals surface area contributed by atoms with E-state index in [2.05, 4.69) is 29.7 Å². The highest BCUT2D eigenvalue weighted by Gasteiger charge is 2.27. The zero-order valence-electron chi connectivity index (χ0n) is 13.6. The van der Waals surface area contributed by atoms with Gasteiger partial charge in [0.2, 0.25) is 0 Å². The van der Waals surface area contributed by atoms with Crippen LogP contribution in [0, 0.1) is 6.92 Å². The van der Waals surface area contributed by atoms with Crippen molar-refractivity contribution in [2.45, 2.75) is 44.6 Å². The fourth-order valence-corrected chi connectivity index (χ4v) is 3.37. The van der Waals surface area contributed by atoms with Gasteiger partial charge in [0, 0.05) is 29.6 Å². The SMILES string of the molecule is Cc1ccc2nc(C3CC3)cc(C(=O)NC3CCCNC3)c2c1. The van der Waals surface area contributed by atoms with Gasteiger partial charge in [-0.05, 0) is 57.4 Å². The van der Waals surface area contributed by atoms with E-state index < -0.39 is 0 Å². The zero-order chi connectivity index (χ0) is 15.8. The van der Waals surface area contributed by atoms with Gasteiger partial charge < -0.3 is 10.6 Å². The van der Waals surface area contributed by atoms with Gasteiger partial charge in [-0.15, -0.1) is 0 Å². The molecule has 1 atom stereocenters. The molecule has 0 spiro atoms. The van der Waals surface area contributed by atoms with E-state index in [1.807, 2.05) is 12.1 Å². The number of nitrogens with zero attached hydrogens (tertiary/aromatic N) is 1. The molecular formula is C19H23N3O. The Bertz CT molecular complexity index is 746. The van der Waals surface area contributed by atoms with Gasteiger partial charge in [0.15, 0.2) is 0 Å². The average Bonchev–Trinajstić information content (AvgIpc) is 3.39. The predicted octanol–water partition coefficient (Wildman–Crippen LogP) is 2.90. The number of hydrogen-bond donors (Lipinski definition) is 2. The van der Waals surface area contributed by atoms with Gasteiger partial charge in [0.05, 0.1) is 11.1 Å². The standard InChI is InChI=1S/C19H23N3O/c1-12-4-7-17-15(9-12)16(10-18(22-17)13-5-6-13)19(23)21-14-3-2-8-20-11-14/h4,7,9-10,13-14,20H,2-3,5-6,8,11H2,1H3,(H,21,23). The number of rotatable bonds is 3. The van der Waals surface area contributed by atoms with Crippen LogP contribution in [-0.2, 0) is 0 Å². The maximum atomic E-state index is 12.9. The molecule has 4 heteroatoms. The molecule has 1 amide bonds. The molecule has 4 nitrogen and oxygen atoms in total. The number of aryl methyl sites for hydroxylation is 1. The molecule has 1 aromatic carbocycles. The van der Waals surface area contributed by atoms with E-state index in [0.717, 1.165) is 53.7 Å². The molecule has 1 aliphatic carbocycles. The number of hydrogen-bond acceptors (Lipinski definition) is 3. The predicted molar refractivity (Wildman–Crippen MR) is 91.8 cm³/mol. The monoisotopic (exact) mass is 309 g/mol. The van der Waals surface area contributed by atoms with Gasteiger partial charge in [-0.25, -0.2) is 0 Å². The second-order valence-electron chi connectivity index (χ2n) is 6.91. The van der Waals surface area contributed by atoms with E-state index in [0.29, 0.717) is 5.92 Å². The molecule has 2 aliphatic rings. The Balaban J connectivity index is 1.70. The number of piperidine rings is 1. The van der Waals surface area contributed by atoms with Crippen LogP contribution in [0.3, 0.4) is 0 Å². The summed E-state index contributed by atoms with van der Waals surface area (Å²) in [5, 5.41) is 7.52. The Morgan fingerprint density at radius 2 is 2.13 bits per heavy atom. The number of amides is 1. The van der Waals surface area contributed by atoms with Crippen LogP contribution in [0.15, 0.2) is 24.3 Å². The van der Waals surface area contributed by atoms with Crippen LogP contribution in [0.4, 0.5) is 0 Å². The Hall–Kier alpha value is -1.94. The summed E-state index contributed by atoms with van der Waals surface area (Å²) in [5.74, 6) is 0.585. The summed E-state index contributed by atoms with van der Waals surface area (Å²) in [6.45, 7) is 3.97. The summed E-state index contributed by atoms with van der Waals surface area (Å²) in [7, 11) is 0. The number of aromatic nitrogens is 1. The van der Waals surface area contributed by atoms with Crippen molar-refractivity contribution in [1.82, 2.24) is 15.6 Å². The minimum atomic E-state index is 0.0404. The number of benzene rings is 1. The number of nitrogens with one attached hydrogen (secondary N) is 2. The number of pyridine rings is 1. The van der Waals surface area contributed by atoms with Crippen molar-refractivity contribution in [3.8, 4) is 0 Å². The third kappa shape index (κ3) is 3.08. The lowest BCUT2D eigenvalue weighted by molar-refractivity contribution is 0.0932. The minimum absolute atomic E-state index is 0.0404. The lowest BCUT2D eigenvalue weighted by atomic mass is 10.0. The highest BCUT2D eigenvalue weighted by Crippen LogP contribution is 2.40. The summed E-state index contributed by atoms with van der Waals surface area (Å²) in [4.78, 5) is 17.6. The highest BCUT2D eigenvalue weighted by atomic mass is 16.1. The van der Waals surface area contributed by atoms with Crippen molar-refractivity contribution in [3.63, 3.8) is 0 Å². The maximum absolute atomic E-state index is 12.9. The number of carbonyl (C=O) groups excluding carboxylic acids is 1. The molecule has 120 valence electrons. The van der Waals surface area contributed by atoms with Gasteiger partial charge in [-0.1, -0.05) is 11.6 Å². The van der Waals surface area contributed by atoms with Crippen molar-refractivity contribution < 1.29 is 4.79 Å². The molecule has 2 fully saturated rings. The second kappa shape index (κ2) is 5.93. The van der Waals surface area contributed by atoms with Gasteiger partial charge in [0.25, 0.3) is 5.91 Å². The molecular weight excluding hydrogens is 286 g/mol. The lowest BCUT2D eigenvalue weighted by Gasteiger charge is -2.24. The molecule has 1 saturated carbocycles. The van der Waals surface area contributed by atoms with Crippen LogP contribution in [0.5, 0.6) is 0 Å². The number of carbonyl (C=O) groups is 1. The Labute approximate surface area is 136 Å². The van der Waals surface area contributed by atoms with Crippen LogP contribution in [0.25, 0.3) is 10.9 Å². The minimum Gasteiger partial charge on any atom is -0.348 e. The number of fused-ring (bicyclic) bond motifs is 1. The molecule has 1 saturated heterocycles. The molecule has 4 rings (SSSR count). The molecule has 0 radical (unpaired) electrons. The summed E-state index contributed by atoms with van der Waals surface area (Å²) in [5.41, 5.74) is 3.96. The Kier molecular flexibility index (Phi) is 3.77. The maximum Gasteiger partial charge on any atom is 0.252 e. The summed E-state index contributed by atoms with van der Waals surface area (Å²) >= 11 is 0. The normalized spacial score (nSPS) is 21.3. The third-order valence-electron chi connectivity index (χ3n) is 4.86. The molecule has 2 aromatic rings. The topological polar surface area (TPSA) is 54.0 Å². The van der Waals surface area contributed by atoms with Crippen LogP contribution >= 0.6 is 0 Å². The zero-order valence-corrected chi connectivity index (χ0v) is 13.6. The molecule has 1 aromatic heterocycles. The first-order chi connectivity index (χ1) is 11.2. The van der Waals surface area contributed by atoms with Crippen molar-refractivity contribution in [2.24, 2.45) is 0 Å². The Morgan fingerprint density at radius 3 is 2.87 bits per heavy atom. The highest BCUT2D eigenvalue weighted by molar-refractivity contribution is 6.06. The van der Waals surface area contributed by atoms with Gasteiger partial charge >= 0.3 is 0 Å². The Morgan fingerprint density at radius 1 is 1.26 bits per heavy atom. The fraction of sp³-hybridized carbons (Fsp3) is 0.474. The molecule has 2 heterocycles. The molecule has 1 aliphatic heterocycles. The van der Waals surface area contributed by atoms with Crippen LogP contribution in [-0.4, -0.2) is 30.0 Å². The van der Waals surface area contributed by atoms with Crippen LogP contribution in [0.2, 0.25) is 0 Å². The molecule has 1 unspecified atom stereocenters. The van der Waals surface area contributed by atoms with Crippen LogP contribution in [0.1, 0.15) is 53.2 Å². The van der Waals surface area contributed by atoms with E-state index >= 15 is 0 Å². The second-order valence-corrected chi connectivity index (χ2v) is 6.91. The van der Waals surface area contributed by atoms with Gasteiger partial charge in [0.1, 0.15) is 0 Å². The first kappa shape index (κ1) is 14.6. The van der Waals surface area contributed by atoms with Gasteiger partial charge in [-0.3, -0.25) is 9.78 Å². The molecule has 23 heavy (non-hydrogen) atoms. The first-order valence-electron chi connectivity index (χ1n) is 8.63. The van der Waals surface area contributed by atoms with E-state index in [-0.39, 0.29) is 11.9 Å². The van der Waals surface area contributed by atoms with E-state index in [9.17, 15) is 4.79 Å². The van der Waals surface area contributed by atoms with E-state index in [1.165, 1.54) is 12.8 Å². The molecule has 0 bridgehead atoms. The van der Waals surface area contributed by atoms with Crippen molar-refractivity contribution in [2.75, 3.05) is 13.1 Å². The summed E-state index contributed by atoms with van der Waals surface area (Å²) < 4.78 is 0. The lowest BCUT2D eigenvalue weighted by Crippen LogP contribution is -2.45. The summed E-state index contributed by atoms with van der Waals surface area (Å²) in [6, 6.07) is 8.43. The smallest absolute Gasteiger partial charge is 0.252 e. The first-order valence-corrected chi connectivity index (χ1v) is 8.63. The largest absolute Gasteiger partial charge is 0.348 e. The molecule has 2 N–H and O–H groups in total.